The van der Waals surface area contributed by atoms with Gasteiger partial charge in [0.05, 0.1) is 11.2 Å². The van der Waals surface area contributed by atoms with Gasteiger partial charge >= 0.3 is 0 Å². The van der Waals surface area contributed by atoms with Gasteiger partial charge in [0.25, 0.3) is 0 Å². The molecule has 25 heavy (non-hydrogen) atoms. The average molecular weight is 360 g/mol. The van der Waals surface area contributed by atoms with Crippen LogP contribution in [-0.4, -0.2) is 38.2 Å². The molecule has 1 aliphatic heterocycles. The Bertz CT molecular complexity index is 729. The van der Waals surface area contributed by atoms with Crippen LogP contribution < -0.4 is 0 Å². The number of nitrogens with zero attached hydrogens (tertiary/aromatic N) is 5. The maximum atomic E-state index is 6.26. The Kier molecular flexibility index (Phi) is 4.78. The van der Waals surface area contributed by atoms with Gasteiger partial charge in [0, 0.05) is 5.02 Å². The lowest BCUT2D eigenvalue weighted by Crippen LogP contribution is -2.51. The van der Waals surface area contributed by atoms with E-state index in [1.807, 2.05) is 22.9 Å². The van der Waals surface area contributed by atoms with Crippen molar-refractivity contribution in [3.8, 4) is 5.69 Å². The standard InChI is InChI=1S/C19H26ClN5/c1-15-8-9-16(20)14-17(15)25-18(21-22-23-25)19(10-4-2-5-11-19)24-12-6-3-7-13-24/h8-9,14H,2-7,10-13H2,1H3. The second-order valence-electron chi connectivity index (χ2n) is 7.49. The first-order valence-electron chi connectivity index (χ1n) is 9.51. The Morgan fingerprint density at radius 2 is 1.72 bits per heavy atom. The van der Waals surface area contributed by atoms with Gasteiger partial charge in [-0.3, -0.25) is 4.90 Å². The van der Waals surface area contributed by atoms with Gasteiger partial charge in [-0.25, -0.2) is 0 Å². The summed E-state index contributed by atoms with van der Waals surface area (Å²) in [7, 11) is 0. The van der Waals surface area contributed by atoms with Gasteiger partial charge < -0.3 is 0 Å². The first kappa shape index (κ1) is 17.0. The zero-order valence-corrected chi connectivity index (χ0v) is 15.7. The Morgan fingerprint density at radius 1 is 1.00 bits per heavy atom. The number of halogens is 1. The first-order valence-corrected chi connectivity index (χ1v) is 9.89. The summed E-state index contributed by atoms with van der Waals surface area (Å²) in [6, 6.07) is 5.94. The molecule has 1 aromatic heterocycles. The molecule has 134 valence electrons. The Hall–Kier alpha value is -1.46. The molecule has 1 saturated carbocycles. The predicted octanol–water partition coefficient (Wildman–Crippen LogP) is 4.27. The molecule has 0 amide bonds. The van der Waals surface area contributed by atoms with Crippen molar-refractivity contribution < 1.29 is 0 Å². The topological polar surface area (TPSA) is 46.8 Å². The number of benzene rings is 1. The van der Waals surface area contributed by atoms with E-state index < -0.39 is 0 Å². The van der Waals surface area contributed by atoms with Gasteiger partial charge in [-0.15, -0.1) is 5.10 Å². The third kappa shape index (κ3) is 3.08. The van der Waals surface area contributed by atoms with Gasteiger partial charge in [0.1, 0.15) is 0 Å². The molecule has 1 aliphatic carbocycles. The van der Waals surface area contributed by atoms with Crippen LogP contribution in [-0.2, 0) is 5.54 Å². The van der Waals surface area contributed by atoms with E-state index >= 15 is 0 Å². The lowest BCUT2D eigenvalue weighted by molar-refractivity contribution is 0.0213. The van der Waals surface area contributed by atoms with Crippen molar-refractivity contribution >= 4 is 11.6 Å². The SMILES string of the molecule is Cc1ccc(Cl)cc1-n1nnnc1C1(N2CCCCC2)CCCCC1. The highest BCUT2D eigenvalue weighted by atomic mass is 35.5. The van der Waals surface area contributed by atoms with Crippen molar-refractivity contribution in [3.63, 3.8) is 0 Å². The number of aryl methyl sites for hydroxylation is 1. The summed E-state index contributed by atoms with van der Waals surface area (Å²) < 4.78 is 1.95. The maximum absolute atomic E-state index is 6.26. The zero-order chi connectivity index (χ0) is 17.3. The minimum atomic E-state index is -0.0308. The second-order valence-corrected chi connectivity index (χ2v) is 7.92. The van der Waals surface area contributed by atoms with E-state index in [9.17, 15) is 0 Å². The molecule has 4 rings (SSSR count). The number of likely N-dealkylation sites (tertiary alicyclic amines) is 1. The van der Waals surface area contributed by atoms with Crippen LogP contribution in [0.1, 0.15) is 62.8 Å². The van der Waals surface area contributed by atoms with Crippen LogP contribution in [0, 0.1) is 6.92 Å². The molecule has 1 aromatic carbocycles. The molecule has 0 atom stereocenters. The summed E-state index contributed by atoms with van der Waals surface area (Å²) >= 11 is 6.26. The summed E-state index contributed by atoms with van der Waals surface area (Å²) in [5.74, 6) is 1.000. The minimum absolute atomic E-state index is 0.0308. The van der Waals surface area contributed by atoms with E-state index in [4.69, 9.17) is 11.6 Å². The van der Waals surface area contributed by atoms with Crippen molar-refractivity contribution in [3.05, 3.63) is 34.6 Å². The van der Waals surface area contributed by atoms with E-state index in [1.54, 1.807) is 0 Å². The van der Waals surface area contributed by atoms with Gasteiger partial charge in [-0.2, -0.15) is 4.68 Å². The molecule has 0 unspecified atom stereocenters. The molecule has 2 aliphatic rings. The number of hydrogen-bond acceptors (Lipinski definition) is 4. The number of rotatable bonds is 3. The molecule has 1 saturated heterocycles. The Labute approximate surface area is 154 Å². The van der Waals surface area contributed by atoms with Gasteiger partial charge in [0.15, 0.2) is 5.82 Å². The fourth-order valence-corrected chi connectivity index (χ4v) is 4.76. The molecule has 2 fully saturated rings. The lowest BCUT2D eigenvalue weighted by Gasteiger charge is -2.47. The highest BCUT2D eigenvalue weighted by molar-refractivity contribution is 6.30. The normalized spacial score (nSPS) is 21.4. The second kappa shape index (κ2) is 7.04. The molecule has 0 radical (unpaired) electrons. The van der Waals surface area contributed by atoms with Crippen molar-refractivity contribution in [2.45, 2.75) is 63.8 Å². The van der Waals surface area contributed by atoms with Crippen molar-refractivity contribution in [2.75, 3.05) is 13.1 Å². The van der Waals surface area contributed by atoms with Crippen molar-refractivity contribution in [1.82, 2.24) is 25.1 Å². The minimum Gasteiger partial charge on any atom is -0.291 e. The van der Waals surface area contributed by atoms with E-state index in [0.29, 0.717) is 0 Å². The zero-order valence-electron chi connectivity index (χ0n) is 14.9. The molecule has 0 spiro atoms. The predicted molar refractivity (Wildman–Crippen MR) is 99.1 cm³/mol. The van der Waals surface area contributed by atoms with Crippen molar-refractivity contribution in [2.24, 2.45) is 0 Å². The number of aromatic nitrogens is 4. The maximum Gasteiger partial charge on any atom is 0.176 e. The number of piperidine rings is 1. The highest BCUT2D eigenvalue weighted by Crippen LogP contribution is 2.43. The van der Waals surface area contributed by atoms with E-state index in [-0.39, 0.29) is 5.54 Å². The smallest absolute Gasteiger partial charge is 0.176 e. The third-order valence-corrected chi connectivity index (χ3v) is 6.16. The third-order valence-electron chi connectivity index (χ3n) is 5.93. The van der Waals surface area contributed by atoms with E-state index in [0.717, 1.165) is 48.0 Å². The highest BCUT2D eigenvalue weighted by Gasteiger charge is 2.44. The van der Waals surface area contributed by atoms with Crippen LogP contribution >= 0.6 is 11.6 Å². The molecule has 6 heteroatoms. The van der Waals surface area contributed by atoms with Crippen LogP contribution in [0.15, 0.2) is 18.2 Å². The van der Waals surface area contributed by atoms with Crippen molar-refractivity contribution in [1.29, 1.82) is 0 Å². The summed E-state index contributed by atoms with van der Waals surface area (Å²) in [6.07, 6.45) is 9.99. The quantitative estimate of drug-likeness (QED) is 0.821. The monoisotopic (exact) mass is 359 g/mol. The first-order chi connectivity index (χ1) is 12.2. The molecule has 2 heterocycles. The molecule has 0 bridgehead atoms. The van der Waals surface area contributed by atoms with Crippen LogP contribution in [0.25, 0.3) is 5.69 Å². The van der Waals surface area contributed by atoms with Crippen LogP contribution in [0.5, 0.6) is 0 Å². The van der Waals surface area contributed by atoms with E-state index in [2.05, 4.69) is 27.3 Å². The molecule has 5 nitrogen and oxygen atoms in total. The van der Waals surface area contributed by atoms with E-state index in [1.165, 1.54) is 38.5 Å². The van der Waals surface area contributed by atoms with Gasteiger partial charge in [-0.1, -0.05) is 43.4 Å². The fourth-order valence-electron chi connectivity index (χ4n) is 4.59. The average Bonchev–Trinajstić information content (AvgIpc) is 3.15. The van der Waals surface area contributed by atoms with Crippen LogP contribution in [0.3, 0.4) is 0 Å². The fraction of sp³-hybridized carbons (Fsp3) is 0.632. The van der Waals surface area contributed by atoms with Gasteiger partial charge in [-0.05, 0) is 73.8 Å². The Morgan fingerprint density at radius 3 is 2.48 bits per heavy atom. The Balaban J connectivity index is 1.81. The summed E-state index contributed by atoms with van der Waals surface area (Å²) in [5.41, 5.74) is 2.11. The molecular formula is C19H26ClN5. The molecule has 2 aromatic rings. The number of hydrogen-bond donors (Lipinski definition) is 0. The molecule has 0 N–H and O–H groups in total. The summed E-state index contributed by atoms with van der Waals surface area (Å²) in [4.78, 5) is 2.66. The van der Waals surface area contributed by atoms with Crippen LogP contribution in [0.4, 0.5) is 0 Å². The van der Waals surface area contributed by atoms with Gasteiger partial charge in [0.2, 0.25) is 0 Å². The lowest BCUT2D eigenvalue weighted by atomic mass is 9.78. The number of tetrazole rings is 1. The molecular weight excluding hydrogens is 334 g/mol. The van der Waals surface area contributed by atoms with Crippen LogP contribution in [0.2, 0.25) is 5.02 Å². The summed E-state index contributed by atoms with van der Waals surface area (Å²) in [6.45, 7) is 4.40. The summed E-state index contributed by atoms with van der Waals surface area (Å²) in [5, 5.41) is 13.7. The largest absolute Gasteiger partial charge is 0.291 e.